The Kier molecular flexibility index (Phi) is 8.24. The molecule has 12 nitrogen and oxygen atoms in total. The van der Waals surface area contributed by atoms with Crippen LogP contribution in [0.5, 0.6) is 0 Å². The Hall–Kier alpha value is -3.12. The number of amides is 2. The molecule has 0 atom stereocenters. The molecule has 2 rings (SSSR count). The summed E-state index contributed by atoms with van der Waals surface area (Å²) in [7, 11) is 0. The van der Waals surface area contributed by atoms with Crippen molar-refractivity contribution < 1.29 is 19.8 Å². The van der Waals surface area contributed by atoms with Gasteiger partial charge in [0.15, 0.2) is 5.82 Å². The number of aromatic nitrogens is 6. The van der Waals surface area contributed by atoms with Gasteiger partial charge in [-0.15, -0.1) is 20.4 Å². The highest BCUT2D eigenvalue weighted by atomic mass is 16.3. The molecule has 2 amide bonds. The summed E-state index contributed by atoms with van der Waals surface area (Å²) in [6, 6.07) is 0.965. The topological polar surface area (TPSA) is 176 Å². The number of hydrogen-bond donors (Lipinski definition) is 4. The van der Waals surface area contributed by atoms with Gasteiger partial charge in [0, 0.05) is 19.0 Å². The molecule has 0 saturated heterocycles. The Labute approximate surface area is 160 Å². The zero-order valence-electron chi connectivity index (χ0n) is 15.4. The first kappa shape index (κ1) is 21.2. The molecule has 2 aromatic rings. The maximum absolute atomic E-state index is 11.9. The second-order valence-corrected chi connectivity index (χ2v) is 5.90. The van der Waals surface area contributed by atoms with Crippen LogP contribution in [0.3, 0.4) is 0 Å². The second-order valence-electron chi connectivity index (χ2n) is 5.90. The van der Waals surface area contributed by atoms with Gasteiger partial charge in [-0.05, 0) is 19.4 Å². The molecule has 0 aliphatic rings. The van der Waals surface area contributed by atoms with Crippen molar-refractivity contribution in [2.45, 2.75) is 38.8 Å². The van der Waals surface area contributed by atoms with Gasteiger partial charge in [-0.2, -0.15) is 0 Å². The molecule has 28 heavy (non-hydrogen) atoms. The molecule has 2 aromatic heterocycles. The van der Waals surface area contributed by atoms with E-state index >= 15 is 0 Å². The minimum atomic E-state index is -0.684. The normalized spacial score (nSPS) is 10.7. The largest absolute Gasteiger partial charge is 0.394 e. The van der Waals surface area contributed by atoms with Crippen LogP contribution in [0.2, 0.25) is 0 Å². The molecule has 150 valence electrons. The minimum absolute atomic E-state index is 0.117. The minimum Gasteiger partial charge on any atom is -0.394 e. The van der Waals surface area contributed by atoms with Gasteiger partial charge in [0.05, 0.1) is 31.5 Å². The van der Waals surface area contributed by atoms with Crippen LogP contribution in [0.15, 0.2) is 12.3 Å². The van der Waals surface area contributed by atoms with E-state index in [-0.39, 0.29) is 56.1 Å². The van der Waals surface area contributed by atoms with E-state index in [1.54, 1.807) is 13.0 Å². The van der Waals surface area contributed by atoms with Crippen LogP contribution in [0.1, 0.15) is 30.8 Å². The molecule has 0 radical (unpaired) electrons. The van der Waals surface area contributed by atoms with Crippen LogP contribution in [0.4, 0.5) is 0 Å². The first-order valence-electron chi connectivity index (χ1n) is 8.66. The maximum atomic E-state index is 11.9. The SMILES string of the molecule is Cc1nnc(-c2nccc(CNC(=O)CCCC(=O)NC(CO)CO)n2)nn1. The molecule has 0 aromatic carbocycles. The van der Waals surface area contributed by atoms with E-state index in [0.717, 1.165) is 0 Å². The Morgan fingerprint density at radius 1 is 1.04 bits per heavy atom. The smallest absolute Gasteiger partial charge is 0.240 e. The number of aliphatic hydroxyl groups is 2. The van der Waals surface area contributed by atoms with Crippen molar-refractivity contribution in [3.63, 3.8) is 0 Å². The van der Waals surface area contributed by atoms with E-state index in [0.29, 0.717) is 17.9 Å². The molecule has 0 saturated carbocycles. The highest BCUT2D eigenvalue weighted by molar-refractivity contribution is 5.79. The van der Waals surface area contributed by atoms with Gasteiger partial charge in [-0.3, -0.25) is 9.59 Å². The summed E-state index contributed by atoms with van der Waals surface area (Å²) in [5, 5.41) is 38.3. The van der Waals surface area contributed by atoms with E-state index in [1.165, 1.54) is 6.20 Å². The average molecular weight is 390 g/mol. The lowest BCUT2D eigenvalue weighted by atomic mass is 10.2. The summed E-state index contributed by atoms with van der Waals surface area (Å²) in [5.41, 5.74) is 0.564. The van der Waals surface area contributed by atoms with E-state index in [1.807, 2.05) is 0 Å². The van der Waals surface area contributed by atoms with Crippen LogP contribution in [0.25, 0.3) is 11.6 Å². The molecule has 0 bridgehead atoms. The number of hydrogen-bond acceptors (Lipinski definition) is 10. The van der Waals surface area contributed by atoms with Crippen LogP contribution >= 0.6 is 0 Å². The average Bonchev–Trinajstić information content (AvgIpc) is 2.71. The number of rotatable bonds is 10. The lowest BCUT2D eigenvalue weighted by Gasteiger charge is -2.13. The predicted octanol–water partition coefficient (Wildman–Crippen LogP) is -1.71. The van der Waals surface area contributed by atoms with Gasteiger partial charge in [-0.1, -0.05) is 0 Å². The van der Waals surface area contributed by atoms with Gasteiger partial charge < -0.3 is 20.8 Å². The molecule has 2 heterocycles. The molecular formula is C16H22N8O4. The number of nitrogens with one attached hydrogen (secondary N) is 2. The third-order valence-electron chi connectivity index (χ3n) is 3.57. The highest BCUT2D eigenvalue weighted by Crippen LogP contribution is 2.07. The quantitative estimate of drug-likeness (QED) is 0.365. The predicted molar refractivity (Wildman–Crippen MR) is 95.2 cm³/mol. The first-order chi connectivity index (χ1) is 13.5. The molecule has 4 N–H and O–H groups in total. The van der Waals surface area contributed by atoms with Gasteiger partial charge in [0.1, 0.15) is 0 Å². The van der Waals surface area contributed by atoms with E-state index < -0.39 is 6.04 Å². The van der Waals surface area contributed by atoms with Gasteiger partial charge >= 0.3 is 0 Å². The standard InChI is InChI=1S/C16H22N8O4/c1-10-21-23-16(24-22-10)15-17-6-5-11(20-15)7-18-13(27)3-2-4-14(28)19-12(8-25)9-26/h5-6,12,25-26H,2-4,7-9H2,1H3,(H,18,27)(H,19,28). The molecule has 0 spiro atoms. The fraction of sp³-hybridized carbons (Fsp3) is 0.500. The molecule has 0 unspecified atom stereocenters. The zero-order valence-corrected chi connectivity index (χ0v) is 15.4. The Bertz CT molecular complexity index is 782. The summed E-state index contributed by atoms with van der Waals surface area (Å²) in [4.78, 5) is 31.9. The lowest BCUT2D eigenvalue weighted by Crippen LogP contribution is -2.40. The van der Waals surface area contributed by atoms with Gasteiger partial charge in [0.25, 0.3) is 0 Å². The van der Waals surface area contributed by atoms with E-state index in [9.17, 15) is 9.59 Å². The van der Waals surface area contributed by atoms with Crippen molar-refractivity contribution in [1.29, 1.82) is 0 Å². The highest BCUT2D eigenvalue weighted by Gasteiger charge is 2.11. The van der Waals surface area contributed by atoms with Crippen molar-refractivity contribution in [1.82, 2.24) is 41.0 Å². The Balaban J connectivity index is 1.76. The molecular weight excluding hydrogens is 368 g/mol. The monoisotopic (exact) mass is 390 g/mol. The third kappa shape index (κ3) is 6.89. The van der Waals surface area contributed by atoms with Crippen molar-refractivity contribution in [2.24, 2.45) is 0 Å². The third-order valence-corrected chi connectivity index (χ3v) is 3.57. The Morgan fingerprint density at radius 2 is 1.71 bits per heavy atom. The first-order valence-corrected chi connectivity index (χ1v) is 8.66. The fourth-order valence-corrected chi connectivity index (χ4v) is 2.11. The van der Waals surface area contributed by atoms with Crippen LogP contribution in [-0.4, -0.2) is 71.6 Å². The molecule has 0 aliphatic carbocycles. The molecule has 0 fully saturated rings. The summed E-state index contributed by atoms with van der Waals surface area (Å²) in [6.07, 6.45) is 2.14. The molecule has 0 aliphatic heterocycles. The fourth-order valence-electron chi connectivity index (χ4n) is 2.11. The number of carbonyl (C=O) groups excluding carboxylic acids is 2. The van der Waals surface area contributed by atoms with E-state index in [2.05, 4.69) is 41.0 Å². The Morgan fingerprint density at radius 3 is 2.39 bits per heavy atom. The van der Waals surface area contributed by atoms with E-state index in [4.69, 9.17) is 10.2 Å². The molecule has 12 heteroatoms. The van der Waals surface area contributed by atoms with Crippen molar-refractivity contribution in [3.8, 4) is 11.6 Å². The van der Waals surface area contributed by atoms with Crippen LogP contribution in [0, 0.1) is 6.92 Å². The summed E-state index contributed by atoms with van der Waals surface area (Å²) >= 11 is 0. The second kappa shape index (κ2) is 10.9. The number of carbonyl (C=O) groups is 2. The zero-order chi connectivity index (χ0) is 20.4. The summed E-state index contributed by atoms with van der Waals surface area (Å²) in [6.45, 7) is 1.16. The van der Waals surface area contributed by atoms with Gasteiger partial charge in [-0.25, -0.2) is 9.97 Å². The van der Waals surface area contributed by atoms with Crippen LogP contribution in [-0.2, 0) is 16.1 Å². The summed E-state index contributed by atoms with van der Waals surface area (Å²) in [5.74, 6) is 0.314. The van der Waals surface area contributed by atoms with Crippen LogP contribution < -0.4 is 10.6 Å². The number of nitrogens with zero attached hydrogens (tertiary/aromatic N) is 6. The number of aliphatic hydroxyl groups excluding tert-OH is 2. The lowest BCUT2D eigenvalue weighted by molar-refractivity contribution is -0.123. The van der Waals surface area contributed by atoms with Crippen molar-refractivity contribution in [3.05, 3.63) is 23.8 Å². The van der Waals surface area contributed by atoms with Gasteiger partial charge in [0.2, 0.25) is 23.5 Å². The van der Waals surface area contributed by atoms with Crippen molar-refractivity contribution >= 4 is 11.8 Å². The maximum Gasteiger partial charge on any atom is 0.240 e. The summed E-state index contributed by atoms with van der Waals surface area (Å²) < 4.78 is 0. The number of aryl methyl sites for hydroxylation is 1. The van der Waals surface area contributed by atoms with Crippen molar-refractivity contribution in [2.75, 3.05) is 13.2 Å².